The number of hydrogen-bond donors (Lipinski definition) is 1. The predicted octanol–water partition coefficient (Wildman–Crippen LogP) is 5.12. The number of nitrogens with two attached hydrogens (primary N) is 1. The van der Waals surface area contributed by atoms with E-state index in [1.807, 2.05) is 73.3 Å². The van der Waals surface area contributed by atoms with Crippen LogP contribution in [0.25, 0.3) is 33.4 Å². The zero-order valence-electron chi connectivity index (χ0n) is 18.0. The van der Waals surface area contributed by atoms with Crippen molar-refractivity contribution < 1.29 is 4.79 Å². The minimum Gasteiger partial charge on any atom is -0.382 e. The summed E-state index contributed by atoms with van der Waals surface area (Å²) in [7, 11) is 0. The van der Waals surface area contributed by atoms with Gasteiger partial charge in [-0.2, -0.15) is 0 Å². The van der Waals surface area contributed by atoms with Crippen molar-refractivity contribution in [1.29, 1.82) is 0 Å². The van der Waals surface area contributed by atoms with Gasteiger partial charge in [0.2, 0.25) is 0 Å². The summed E-state index contributed by atoms with van der Waals surface area (Å²) in [4.78, 5) is 28.8. The van der Waals surface area contributed by atoms with E-state index < -0.39 is 0 Å². The molecular formula is C25H24ClN5O. The molecule has 6 nitrogen and oxygen atoms in total. The van der Waals surface area contributed by atoms with Gasteiger partial charge in [0.25, 0.3) is 0 Å². The molecule has 0 saturated heterocycles. The second-order valence-electron chi connectivity index (χ2n) is 7.44. The Morgan fingerprint density at radius 1 is 0.969 bits per heavy atom. The molecule has 7 heteroatoms. The van der Waals surface area contributed by atoms with Crippen molar-refractivity contribution >= 4 is 34.1 Å². The predicted molar refractivity (Wildman–Crippen MR) is 130 cm³/mol. The first-order valence-electron chi connectivity index (χ1n) is 10.5. The molecule has 0 bridgehead atoms. The number of carbonyl (C=O) groups excluding carboxylic acids is 1. The third kappa shape index (κ3) is 4.33. The molecule has 4 rings (SSSR count). The summed E-state index contributed by atoms with van der Waals surface area (Å²) in [6.45, 7) is 5.79. The molecule has 0 aliphatic carbocycles. The molecule has 2 aromatic carbocycles. The first-order valence-corrected chi connectivity index (χ1v) is 10.9. The van der Waals surface area contributed by atoms with Crippen LogP contribution in [0.1, 0.15) is 24.3 Å². The van der Waals surface area contributed by atoms with E-state index in [0.717, 1.165) is 29.6 Å². The van der Waals surface area contributed by atoms with E-state index in [4.69, 9.17) is 22.3 Å². The lowest BCUT2D eigenvalue weighted by molar-refractivity contribution is 0.0933. The number of halogens is 1. The van der Waals surface area contributed by atoms with Gasteiger partial charge in [0, 0.05) is 22.7 Å². The van der Waals surface area contributed by atoms with Gasteiger partial charge in [-0.25, -0.2) is 9.97 Å². The van der Waals surface area contributed by atoms with E-state index in [9.17, 15) is 4.79 Å². The highest BCUT2D eigenvalue weighted by atomic mass is 35.5. The van der Waals surface area contributed by atoms with E-state index in [2.05, 4.69) is 9.97 Å². The standard InChI is InChI=1S/C25H24ClN5O/c1-3-31(4-2)15-20(32)24-25(27)30-22(16-9-6-5-7-10-16)23(29-24)18-13-17-11-8-12-28-21(17)19(26)14-18/h5-14H,3-4,15H2,1-2H3,(H2,27,30). The number of pyridine rings is 1. The smallest absolute Gasteiger partial charge is 0.198 e. The van der Waals surface area contributed by atoms with Crippen LogP contribution in [0.5, 0.6) is 0 Å². The van der Waals surface area contributed by atoms with Crippen molar-refractivity contribution in [2.24, 2.45) is 0 Å². The molecule has 2 N–H and O–H groups in total. The van der Waals surface area contributed by atoms with E-state index in [-0.39, 0.29) is 23.8 Å². The van der Waals surface area contributed by atoms with Crippen LogP contribution in [-0.2, 0) is 0 Å². The second kappa shape index (κ2) is 9.42. The summed E-state index contributed by atoms with van der Waals surface area (Å²) in [5.74, 6) is -0.0357. The molecule has 0 aliphatic heterocycles. The van der Waals surface area contributed by atoms with E-state index in [1.165, 1.54) is 0 Å². The first kappa shape index (κ1) is 21.9. The van der Waals surface area contributed by atoms with E-state index in [0.29, 0.717) is 21.9 Å². The summed E-state index contributed by atoms with van der Waals surface area (Å²) >= 11 is 6.54. The number of likely N-dealkylation sites (N-methyl/N-ethyl adjacent to an activating group) is 1. The third-order valence-corrected chi connectivity index (χ3v) is 5.72. The number of anilines is 1. The molecule has 0 spiro atoms. The third-order valence-electron chi connectivity index (χ3n) is 5.43. The highest BCUT2D eigenvalue weighted by Crippen LogP contribution is 2.35. The molecule has 0 saturated carbocycles. The van der Waals surface area contributed by atoms with Crippen LogP contribution < -0.4 is 5.73 Å². The summed E-state index contributed by atoms with van der Waals surface area (Å²) < 4.78 is 0. The summed E-state index contributed by atoms with van der Waals surface area (Å²) in [6, 6.07) is 17.2. The lowest BCUT2D eigenvalue weighted by atomic mass is 10.0. The van der Waals surface area contributed by atoms with E-state index >= 15 is 0 Å². The fourth-order valence-corrected chi connectivity index (χ4v) is 3.94. The molecule has 2 heterocycles. The number of hydrogen-bond acceptors (Lipinski definition) is 6. The molecule has 162 valence electrons. The molecular weight excluding hydrogens is 422 g/mol. The van der Waals surface area contributed by atoms with Crippen LogP contribution in [0.15, 0.2) is 60.8 Å². The molecule has 0 radical (unpaired) electrons. The molecule has 0 unspecified atom stereocenters. The van der Waals surface area contributed by atoms with Gasteiger partial charge in [-0.3, -0.25) is 14.7 Å². The number of carbonyl (C=O) groups is 1. The lowest BCUT2D eigenvalue weighted by Crippen LogP contribution is -2.30. The average molecular weight is 446 g/mol. The van der Waals surface area contributed by atoms with Gasteiger partial charge in [0.05, 0.1) is 28.5 Å². The molecule has 0 fully saturated rings. The summed E-state index contributed by atoms with van der Waals surface area (Å²) in [5.41, 5.74) is 9.88. The number of ketones is 1. The molecule has 4 aromatic rings. The Balaban J connectivity index is 1.92. The molecule has 0 amide bonds. The van der Waals surface area contributed by atoms with Crippen LogP contribution in [0, 0.1) is 0 Å². The zero-order chi connectivity index (χ0) is 22.7. The first-order chi connectivity index (χ1) is 15.5. The maximum absolute atomic E-state index is 13.0. The number of fused-ring (bicyclic) bond motifs is 1. The van der Waals surface area contributed by atoms with Crippen LogP contribution in [0.2, 0.25) is 5.02 Å². The molecule has 2 aromatic heterocycles. The number of Topliss-reactive ketones (excluding diaryl/α,β-unsaturated/α-hetero) is 1. The Morgan fingerprint density at radius 3 is 2.41 bits per heavy atom. The maximum atomic E-state index is 13.0. The van der Waals surface area contributed by atoms with Gasteiger partial charge in [-0.05, 0) is 31.3 Å². The number of benzene rings is 2. The average Bonchev–Trinajstić information content (AvgIpc) is 2.82. The normalized spacial score (nSPS) is 11.2. The molecule has 32 heavy (non-hydrogen) atoms. The number of aromatic nitrogens is 3. The lowest BCUT2D eigenvalue weighted by Gasteiger charge is -2.18. The summed E-state index contributed by atoms with van der Waals surface area (Å²) in [5, 5.41) is 1.38. The minimum absolute atomic E-state index is 0.123. The Kier molecular flexibility index (Phi) is 6.44. The maximum Gasteiger partial charge on any atom is 0.198 e. The van der Waals surface area contributed by atoms with Crippen LogP contribution in [0.4, 0.5) is 5.82 Å². The SMILES string of the molecule is CCN(CC)CC(=O)c1nc(-c2cc(Cl)c3ncccc3c2)c(-c2ccccc2)nc1N. The monoisotopic (exact) mass is 445 g/mol. The van der Waals surface area contributed by atoms with Crippen molar-refractivity contribution in [1.82, 2.24) is 19.9 Å². The molecule has 0 atom stereocenters. The molecule has 0 aliphatic rings. The van der Waals surface area contributed by atoms with Crippen LogP contribution in [-0.4, -0.2) is 45.3 Å². The number of nitrogen functional groups attached to an aromatic ring is 1. The van der Waals surface area contributed by atoms with Crippen molar-refractivity contribution in [3.8, 4) is 22.5 Å². The number of rotatable bonds is 7. The largest absolute Gasteiger partial charge is 0.382 e. The number of nitrogens with zero attached hydrogens (tertiary/aromatic N) is 4. The Morgan fingerprint density at radius 2 is 1.69 bits per heavy atom. The van der Waals surface area contributed by atoms with Gasteiger partial charge in [-0.1, -0.05) is 61.8 Å². The van der Waals surface area contributed by atoms with E-state index in [1.54, 1.807) is 6.20 Å². The van der Waals surface area contributed by atoms with Crippen molar-refractivity contribution in [3.63, 3.8) is 0 Å². The Bertz CT molecular complexity index is 1270. The van der Waals surface area contributed by atoms with Crippen molar-refractivity contribution in [2.75, 3.05) is 25.4 Å². The highest BCUT2D eigenvalue weighted by molar-refractivity contribution is 6.35. The topological polar surface area (TPSA) is 85.0 Å². The fraction of sp³-hybridized carbons (Fsp3) is 0.200. The van der Waals surface area contributed by atoms with Gasteiger partial charge in [0.1, 0.15) is 0 Å². The van der Waals surface area contributed by atoms with Crippen molar-refractivity contribution in [3.05, 3.63) is 71.5 Å². The minimum atomic E-state index is -0.159. The Labute approximate surface area is 192 Å². The van der Waals surface area contributed by atoms with Gasteiger partial charge in [0.15, 0.2) is 17.3 Å². The van der Waals surface area contributed by atoms with Crippen molar-refractivity contribution in [2.45, 2.75) is 13.8 Å². The van der Waals surface area contributed by atoms with Gasteiger partial charge in [-0.15, -0.1) is 0 Å². The highest BCUT2D eigenvalue weighted by Gasteiger charge is 2.21. The fourth-order valence-electron chi connectivity index (χ4n) is 3.66. The van der Waals surface area contributed by atoms with Crippen LogP contribution >= 0.6 is 11.6 Å². The second-order valence-corrected chi connectivity index (χ2v) is 7.85. The van der Waals surface area contributed by atoms with Crippen LogP contribution in [0.3, 0.4) is 0 Å². The Hall–Kier alpha value is -3.35. The van der Waals surface area contributed by atoms with Gasteiger partial charge >= 0.3 is 0 Å². The quantitative estimate of drug-likeness (QED) is 0.397. The van der Waals surface area contributed by atoms with Gasteiger partial charge < -0.3 is 5.73 Å². The zero-order valence-corrected chi connectivity index (χ0v) is 18.8. The summed E-state index contributed by atoms with van der Waals surface area (Å²) in [6.07, 6.45) is 1.70.